The van der Waals surface area contributed by atoms with Gasteiger partial charge in [-0.15, -0.1) is 5.10 Å². The van der Waals surface area contributed by atoms with Gasteiger partial charge >= 0.3 is 5.69 Å². The lowest BCUT2D eigenvalue weighted by Gasteiger charge is -2.03. The first-order valence-corrected chi connectivity index (χ1v) is 7.22. The lowest BCUT2D eigenvalue weighted by atomic mass is 10.1. The van der Waals surface area contributed by atoms with E-state index in [4.69, 9.17) is 5.11 Å². The van der Waals surface area contributed by atoms with E-state index in [9.17, 15) is 9.18 Å². The number of nitrogens with one attached hydrogen (secondary N) is 1. The predicted octanol–water partition coefficient (Wildman–Crippen LogP) is 1.27. The summed E-state index contributed by atoms with van der Waals surface area (Å²) in [5.74, 6) is 5.54. The van der Waals surface area contributed by atoms with Gasteiger partial charge in [0.15, 0.2) is 5.16 Å². The SMILES string of the molecule is Cn1c(SCc2ccc(C#CCCO)cc2F)n[nH]c1=O. The summed E-state index contributed by atoms with van der Waals surface area (Å²) in [6.07, 6.45) is 0.367. The number of thioether (sulfide) groups is 1. The van der Waals surface area contributed by atoms with Crippen molar-refractivity contribution in [2.75, 3.05) is 6.61 Å². The number of aromatic nitrogens is 3. The molecule has 110 valence electrons. The zero-order valence-corrected chi connectivity index (χ0v) is 12.2. The second-order valence-electron chi connectivity index (χ2n) is 4.24. The molecule has 0 amide bonds. The van der Waals surface area contributed by atoms with E-state index in [1.54, 1.807) is 19.2 Å². The Morgan fingerprint density at radius 1 is 1.52 bits per heavy atom. The molecule has 7 heteroatoms. The van der Waals surface area contributed by atoms with Gasteiger partial charge in [0, 0.05) is 24.8 Å². The van der Waals surface area contributed by atoms with Crippen molar-refractivity contribution >= 4 is 11.8 Å². The molecule has 0 aliphatic heterocycles. The third-order valence-corrected chi connectivity index (χ3v) is 3.80. The lowest BCUT2D eigenvalue weighted by molar-refractivity contribution is 0.305. The minimum atomic E-state index is -0.348. The van der Waals surface area contributed by atoms with Gasteiger partial charge in [0.1, 0.15) is 5.82 Å². The standard InChI is InChI=1S/C14H14FN3O2S/c1-18-13(20)16-17-14(18)21-9-11-6-5-10(8-12(11)15)4-2-3-7-19/h5-6,8,19H,3,7,9H2,1H3,(H,16,20). The normalized spacial score (nSPS) is 10.2. The smallest absolute Gasteiger partial charge is 0.343 e. The fourth-order valence-corrected chi connectivity index (χ4v) is 2.47. The van der Waals surface area contributed by atoms with Crippen molar-refractivity contribution in [1.29, 1.82) is 0 Å². The van der Waals surface area contributed by atoms with Crippen LogP contribution in [0.4, 0.5) is 4.39 Å². The van der Waals surface area contributed by atoms with Gasteiger partial charge in [0.05, 0.1) is 6.61 Å². The number of hydrogen-bond donors (Lipinski definition) is 2. The van der Waals surface area contributed by atoms with E-state index in [0.717, 1.165) is 0 Å². The number of halogens is 1. The maximum Gasteiger partial charge on any atom is 0.343 e. The van der Waals surface area contributed by atoms with Gasteiger partial charge < -0.3 is 5.11 Å². The predicted molar refractivity (Wildman–Crippen MR) is 78.4 cm³/mol. The minimum absolute atomic E-state index is 0.00735. The van der Waals surface area contributed by atoms with Crippen molar-refractivity contribution in [2.45, 2.75) is 17.3 Å². The van der Waals surface area contributed by atoms with E-state index in [1.165, 1.54) is 22.4 Å². The maximum absolute atomic E-state index is 13.9. The van der Waals surface area contributed by atoms with Gasteiger partial charge in [-0.25, -0.2) is 14.3 Å². The van der Waals surface area contributed by atoms with Crippen molar-refractivity contribution in [2.24, 2.45) is 7.05 Å². The molecule has 1 heterocycles. The van der Waals surface area contributed by atoms with Crippen LogP contribution in [-0.4, -0.2) is 26.5 Å². The van der Waals surface area contributed by atoms with Crippen LogP contribution in [0.3, 0.4) is 0 Å². The average molecular weight is 307 g/mol. The Morgan fingerprint density at radius 3 is 2.95 bits per heavy atom. The quantitative estimate of drug-likeness (QED) is 0.659. The summed E-state index contributed by atoms with van der Waals surface area (Å²) in [6.45, 7) is -0.00735. The molecule has 2 rings (SSSR count). The molecule has 21 heavy (non-hydrogen) atoms. The van der Waals surface area contributed by atoms with Gasteiger partial charge in [-0.2, -0.15) is 0 Å². The molecule has 0 saturated carbocycles. The second-order valence-corrected chi connectivity index (χ2v) is 5.18. The van der Waals surface area contributed by atoms with E-state index >= 15 is 0 Å². The van der Waals surface area contributed by atoms with Gasteiger partial charge in [-0.1, -0.05) is 29.7 Å². The molecule has 0 fully saturated rings. The Labute approximate surface area is 125 Å². The second kappa shape index (κ2) is 7.11. The molecule has 2 aromatic rings. The summed E-state index contributed by atoms with van der Waals surface area (Å²) in [5.41, 5.74) is 0.789. The highest BCUT2D eigenvalue weighted by atomic mass is 32.2. The molecule has 1 aromatic carbocycles. The van der Waals surface area contributed by atoms with Crippen molar-refractivity contribution in [3.8, 4) is 11.8 Å². The minimum Gasteiger partial charge on any atom is -0.395 e. The highest BCUT2D eigenvalue weighted by Crippen LogP contribution is 2.21. The number of hydrogen-bond acceptors (Lipinski definition) is 4. The largest absolute Gasteiger partial charge is 0.395 e. The summed E-state index contributed by atoms with van der Waals surface area (Å²) < 4.78 is 15.3. The van der Waals surface area contributed by atoms with E-state index in [0.29, 0.717) is 28.5 Å². The Balaban J connectivity index is 2.06. The number of aliphatic hydroxyl groups is 1. The number of benzene rings is 1. The van der Waals surface area contributed by atoms with Crippen LogP contribution in [0.15, 0.2) is 28.2 Å². The summed E-state index contributed by atoms with van der Waals surface area (Å²) in [5, 5.41) is 15.3. The van der Waals surface area contributed by atoms with E-state index in [2.05, 4.69) is 22.0 Å². The molecule has 0 saturated heterocycles. The summed E-state index contributed by atoms with van der Waals surface area (Å²) in [6, 6.07) is 4.76. The maximum atomic E-state index is 13.9. The molecular weight excluding hydrogens is 293 g/mol. The molecular formula is C14H14FN3O2S. The Bertz CT molecular complexity index is 743. The summed E-state index contributed by atoms with van der Waals surface area (Å²) >= 11 is 1.27. The molecule has 1 aromatic heterocycles. The van der Waals surface area contributed by atoms with Crippen molar-refractivity contribution < 1.29 is 9.50 Å². The first-order chi connectivity index (χ1) is 10.1. The summed E-state index contributed by atoms with van der Waals surface area (Å²) in [4.78, 5) is 11.2. The Morgan fingerprint density at radius 2 is 2.33 bits per heavy atom. The van der Waals surface area contributed by atoms with Gasteiger partial charge in [-0.3, -0.25) is 4.57 Å². The van der Waals surface area contributed by atoms with Crippen LogP contribution in [0, 0.1) is 17.7 Å². The Kier molecular flexibility index (Phi) is 5.20. The fraction of sp³-hybridized carbons (Fsp3) is 0.286. The van der Waals surface area contributed by atoms with Gasteiger partial charge in [-0.05, 0) is 17.7 Å². The Hall–Kier alpha value is -2.04. The zero-order valence-electron chi connectivity index (χ0n) is 11.4. The molecule has 5 nitrogen and oxygen atoms in total. The molecule has 0 bridgehead atoms. The van der Waals surface area contributed by atoms with Crippen molar-refractivity contribution in [3.63, 3.8) is 0 Å². The van der Waals surface area contributed by atoms with Gasteiger partial charge in [0.2, 0.25) is 0 Å². The zero-order chi connectivity index (χ0) is 15.2. The van der Waals surface area contributed by atoms with Crippen LogP contribution in [0.2, 0.25) is 0 Å². The molecule has 0 unspecified atom stereocenters. The average Bonchev–Trinajstić information content (AvgIpc) is 2.78. The van der Waals surface area contributed by atoms with E-state index in [-0.39, 0.29) is 18.1 Å². The number of nitrogens with zero attached hydrogens (tertiary/aromatic N) is 2. The number of aliphatic hydroxyl groups excluding tert-OH is 1. The third-order valence-electron chi connectivity index (χ3n) is 2.72. The monoisotopic (exact) mass is 307 g/mol. The van der Waals surface area contributed by atoms with Crippen LogP contribution < -0.4 is 5.69 Å². The molecule has 2 N–H and O–H groups in total. The molecule has 0 spiro atoms. The fourth-order valence-electron chi connectivity index (χ4n) is 1.57. The third kappa shape index (κ3) is 3.97. The number of H-pyrrole nitrogens is 1. The van der Waals surface area contributed by atoms with Gasteiger partial charge in [0.25, 0.3) is 0 Å². The van der Waals surface area contributed by atoms with E-state index in [1.807, 2.05) is 0 Å². The van der Waals surface area contributed by atoms with Crippen LogP contribution in [0.1, 0.15) is 17.5 Å². The summed E-state index contributed by atoms with van der Waals surface area (Å²) in [7, 11) is 1.60. The van der Waals surface area contributed by atoms with Crippen molar-refractivity contribution in [1.82, 2.24) is 14.8 Å². The van der Waals surface area contributed by atoms with Crippen LogP contribution in [-0.2, 0) is 12.8 Å². The highest BCUT2D eigenvalue weighted by Gasteiger charge is 2.08. The number of rotatable bonds is 4. The van der Waals surface area contributed by atoms with Crippen LogP contribution >= 0.6 is 11.8 Å². The van der Waals surface area contributed by atoms with Crippen LogP contribution in [0.5, 0.6) is 0 Å². The first kappa shape index (κ1) is 15.4. The van der Waals surface area contributed by atoms with Crippen LogP contribution in [0.25, 0.3) is 0 Å². The van der Waals surface area contributed by atoms with Crippen molar-refractivity contribution in [3.05, 3.63) is 45.6 Å². The highest BCUT2D eigenvalue weighted by molar-refractivity contribution is 7.98. The molecule has 0 atom stereocenters. The number of aromatic amines is 1. The topological polar surface area (TPSA) is 70.9 Å². The van der Waals surface area contributed by atoms with E-state index < -0.39 is 0 Å². The molecule has 0 aliphatic rings. The first-order valence-electron chi connectivity index (χ1n) is 6.24. The molecule has 0 aliphatic carbocycles. The molecule has 0 radical (unpaired) electrons. The lowest BCUT2D eigenvalue weighted by Crippen LogP contribution is -2.12.